The Morgan fingerprint density at radius 2 is 2.06 bits per heavy atom. The van der Waals surface area contributed by atoms with Gasteiger partial charge in [-0.3, -0.25) is 0 Å². The van der Waals surface area contributed by atoms with Crippen LogP contribution in [0.25, 0.3) is 0 Å². The van der Waals surface area contributed by atoms with Crippen molar-refractivity contribution in [3.05, 3.63) is 52.5 Å². The minimum absolute atomic E-state index is 0.182. The Morgan fingerprint density at radius 1 is 1.22 bits per heavy atom. The number of nitrogens with one attached hydrogen (secondary N) is 1. The smallest absolute Gasteiger partial charge is 0.124 e. The minimum Gasteiger partial charge on any atom is -0.491 e. The van der Waals surface area contributed by atoms with Crippen LogP contribution in [0.3, 0.4) is 0 Å². The molecule has 0 aliphatic carbocycles. The van der Waals surface area contributed by atoms with Gasteiger partial charge in [-0.1, -0.05) is 18.2 Å². The highest BCUT2D eigenvalue weighted by atomic mass is 79.9. The molecule has 1 heterocycles. The van der Waals surface area contributed by atoms with E-state index in [9.17, 15) is 0 Å². The van der Waals surface area contributed by atoms with E-state index >= 15 is 0 Å². The number of hydrogen-bond acceptors (Lipinski definition) is 3. The summed E-state index contributed by atoms with van der Waals surface area (Å²) in [6, 6.07) is 14.0. The second-order valence-corrected chi connectivity index (χ2v) is 5.14. The van der Waals surface area contributed by atoms with Crippen LogP contribution in [0.5, 0.6) is 5.75 Å². The second kappa shape index (κ2) is 4.53. The number of ether oxygens (including phenoxy) is 1. The summed E-state index contributed by atoms with van der Waals surface area (Å²) in [4.78, 5) is 0. The van der Waals surface area contributed by atoms with Gasteiger partial charge < -0.3 is 15.8 Å². The molecule has 0 aromatic heterocycles. The van der Waals surface area contributed by atoms with Crippen LogP contribution in [0.15, 0.2) is 46.9 Å². The van der Waals surface area contributed by atoms with E-state index in [1.54, 1.807) is 0 Å². The average Bonchev–Trinajstić information content (AvgIpc) is 2.76. The van der Waals surface area contributed by atoms with E-state index in [4.69, 9.17) is 10.5 Å². The maximum atomic E-state index is 5.73. The zero-order valence-electron chi connectivity index (χ0n) is 9.69. The van der Waals surface area contributed by atoms with Crippen molar-refractivity contribution in [2.75, 3.05) is 17.7 Å². The number of rotatable bonds is 2. The summed E-state index contributed by atoms with van der Waals surface area (Å²) in [6.07, 6.45) is 0. The minimum atomic E-state index is 0.182. The third-order valence-corrected chi connectivity index (χ3v) is 3.68. The molecule has 0 spiro atoms. The van der Waals surface area contributed by atoms with Gasteiger partial charge in [0.15, 0.2) is 0 Å². The van der Waals surface area contributed by atoms with Gasteiger partial charge in [0.1, 0.15) is 12.4 Å². The Kier molecular flexibility index (Phi) is 2.88. The van der Waals surface area contributed by atoms with E-state index in [0.29, 0.717) is 6.61 Å². The van der Waals surface area contributed by atoms with Crippen molar-refractivity contribution >= 4 is 27.3 Å². The molecule has 0 bridgehead atoms. The number of fused-ring (bicyclic) bond motifs is 1. The lowest BCUT2D eigenvalue weighted by molar-refractivity contribution is 0.340. The Morgan fingerprint density at radius 3 is 2.89 bits per heavy atom. The summed E-state index contributed by atoms with van der Waals surface area (Å²) in [6.45, 7) is 0.649. The first-order valence-electron chi connectivity index (χ1n) is 5.77. The number of benzene rings is 2. The lowest BCUT2D eigenvalue weighted by atomic mass is 10.1. The molecule has 0 radical (unpaired) electrons. The van der Waals surface area contributed by atoms with Crippen LogP contribution in [-0.2, 0) is 0 Å². The molecule has 4 heteroatoms. The molecule has 3 N–H and O–H groups in total. The highest BCUT2D eigenvalue weighted by Gasteiger charge is 2.23. The summed E-state index contributed by atoms with van der Waals surface area (Å²) in [7, 11) is 0. The molecule has 0 fully saturated rings. The highest BCUT2D eigenvalue weighted by molar-refractivity contribution is 9.10. The van der Waals surface area contributed by atoms with Gasteiger partial charge in [0, 0.05) is 21.4 Å². The van der Waals surface area contributed by atoms with E-state index in [-0.39, 0.29) is 6.04 Å². The highest BCUT2D eigenvalue weighted by Crippen LogP contribution is 2.36. The zero-order valence-corrected chi connectivity index (χ0v) is 11.3. The molecule has 3 nitrogen and oxygen atoms in total. The molecule has 0 amide bonds. The second-order valence-electron chi connectivity index (χ2n) is 4.29. The molecule has 1 aliphatic heterocycles. The predicted octanol–water partition coefficient (Wildman–Crippen LogP) is 3.58. The normalized spacial score (nSPS) is 17.1. The van der Waals surface area contributed by atoms with Crippen LogP contribution >= 0.6 is 15.9 Å². The zero-order chi connectivity index (χ0) is 12.5. The third kappa shape index (κ3) is 2.04. The Hall–Kier alpha value is -1.68. The van der Waals surface area contributed by atoms with Crippen molar-refractivity contribution in [3.63, 3.8) is 0 Å². The largest absolute Gasteiger partial charge is 0.491 e. The van der Waals surface area contributed by atoms with Gasteiger partial charge in [-0.2, -0.15) is 0 Å². The summed E-state index contributed by atoms with van der Waals surface area (Å²) >= 11 is 3.51. The number of anilines is 2. The van der Waals surface area contributed by atoms with Crippen LogP contribution in [0, 0.1) is 0 Å². The topological polar surface area (TPSA) is 47.3 Å². The lowest BCUT2D eigenvalue weighted by Crippen LogP contribution is -2.12. The van der Waals surface area contributed by atoms with Gasteiger partial charge in [0.2, 0.25) is 0 Å². The van der Waals surface area contributed by atoms with Crippen LogP contribution in [-0.4, -0.2) is 6.61 Å². The van der Waals surface area contributed by atoms with Crippen LogP contribution in [0.4, 0.5) is 11.4 Å². The first-order valence-corrected chi connectivity index (χ1v) is 6.56. The molecule has 18 heavy (non-hydrogen) atoms. The average molecular weight is 305 g/mol. The van der Waals surface area contributed by atoms with Crippen molar-refractivity contribution in [1.29, 1.82) is 0 Å². The monoisotopic (exact) mass is 304 g/mol. The first-order chi connectivity index (χ1) is 8.74. The number of hydrogen-bond donors (Lipinski definition) is 2. The molecule has 1 unspecified atom stereocenters. The molecule has 3 rings (SSSR count). The SMILES string of the molecule is Nc1ccc(NC2COc3ccccc32)c(Br)c1. The Balaban J connectivity index is 1.86. The van der Waals surface area contributed by atoms with Crippen molar-refractivity contribution in [3.8, 4) is 5.75 Å². The molecule has 92 valence electrons. The van der Waals surface area contributed by atoms with Gasteiger partial charge in [-0.15, -0.1) is 0 Å². The van der Waals surface area contributed by atoms with Gasteiger partial charge in [-0.05, 0) is 40.2 Å². The fourth-order valence-electron chi connectivity index (χ4n) is 2.12. The lowest BCUT2D eigenvalue weighted by Gasteiger charge is -2.15. The maximum Gasteiger partial charge on any atom is 0.124 e. The van der Waals surface area contributed by atoms with Crippen molar-refractivity contribution in [1.82, 2.24) is 0 Å². The molecule has 2 aromatic carbocycles. The number of para-hydroxylation sites is 1. The molecule has 1 atom stereocenters. The molecule has 1 aliphatic rings. The van der Waals surface area contributed by atoms with Gasteiger partial charge >= 0.3 is 0 Å². The van der Waals surface area contributed by atoms with Crippen LogP contribution in [0.2, 0.25) is 0 Å². The van der Waals surface area contributed by atoms with E-state index in [1.165, 1.54) is 5.56 Å². The molecular formula is C14H13BrN2O. The fourth-order valence-corrected chi connectivity index (χ4v) is 2.63. The van der Waals surface area contributed by atoms with Crippen LogP contribution < -0.4 is 15.8 Å². The van der Waals surface area contributed by atoms with E-state index in [2.05, 4.69) is 27.3 Å². The maximum absolute atomic E-state index is 5.73. The van der Waals surface area contributed by atoms with E-state index in [1.807, 2.05) is 36.4 Å². The van der Waals surface area contributed by atoms with Gasteiger partial charge in [0.25, 0.3) is 0 Å². The summed E-state index contributed by atoms with van der Waals surface area (Å²) in [5.41, 5.74) is 8.69. The van der Waals surface area contributed by atoms with Crippen molar-refractivity contribution in [2.45, 2.75) is 6.04 Å². The molecule has 0 saturated carbocycles. The van der Waals surface area contributed by atoms with Gasteiger partial charge in [0.05, 0.1) is 6.04 Å². The quantitative estimate of drug-likeness (QED) is 0.834. The van der Waals surface area contributed by atoms with Crippen molar-refractivity contribution < 1.29 is 4.74 Å². The van der Waals surface area contributed by atoms with Crippen LogP contribution in [0.1, 0.15) is 11.6 Å². The summed E-state index contributed by atoms with van der Waals surface area (Å²) < 4.78 is 6.61. The number of halogens is 1. The fraction of sp³-hybridized carbons (Fsp3) is 0.143. The molecular weight excluding hydrogens is 292 g/mol. The number of nitrogens with two attached hydrogens (primary N) is 1. The standard InChI is InChI=1S/C14H13BrN2O/c15-11-7-9(16)5-6-12(11)17-13-8-18-14-4-2-1-3-10(13)14/h1-7,13,17H,8,16H2. The van der Waals surface area contributed by atoms with Gasteiger partial charge in [-0.25, -0.2) is 0 Å². The Bertz CT molecular complexity index is 586. The van der Waals surface area contributed by atoms with E-state index in [0.717, 1.165) is 21.6 Å². The summed E-state index contributed by atoms with van der Waals surface area (Å²) in [5, 5.41) is 3.47. The first kappa shape index (κ1) is 11.4. The predicted molar refractivity (Wildman–Crippen MR) is 76.9 cm³/mol. The number of nitrogen functional groups attached to an aromatic ring is 1. The third-order valence-electron chi connectivity index (χ3n) is 3.02. The Labute approximate surface area is 114 Å². The molecule has 2 aromatic rings. The van der Waals surface area contributed by atoms with E-state index < -0.39 is 0 Å². The van der Waals surface area contributed by atoms with Crippen molar-refractivity contribution in [2.24, 2.45) is 0 Å². The molecule has 0 saturated heterocycles. The summed E-state index contributed by atoms with van der Waals surface area (Å²) in [5.74, 6) is 0.960.